The zero-order chi connectivity index (χ0) is 22.5. The maximum Gasteiger partial charge on any atom is 0.417 e. The van der Waals surface area contributed by atoms with Crippen molar-refractivity contribution in [1.82, 2.24) is 10.6 Å². The van der Waals surface area contributed by atoms with Crippen LogP contribution in [0.4, 0.5) is 15.3 Å². The van der Waals surface area contributed by atoms with E-state index in [1.807, 2.05) is 0 Å². The Kier molecular flexibility index (Phi) is 7.34. The summed E-state index contributed by atoms with van der Waals surface area (Å²) < 4.78 is 37.0. The van der Waals surface area contributed by atoms with Crippen LogP contribution in [-0.4, -0.2) is 64.1 Å². The highest BCUT2D eigenvalue weighted by Gasteiger charge is 2.42. The molecule has 3 N–H and O–H groups in total. The minimum Gasteiger partial charge on any atom is -0.465 e. The molecule has 3 amide bonds. The maximum atomic E-state index is 12.1. The number of esters is 1. The van der Waals surface area contributed by atoms with Crippen LogP contribution in [0.2, 0.25) is 0 Å². The highest BCUT2D eigenvalue weighted by atomic mass is 32.2. The molecule has 0 radical (unpaired) electrons. The third kappa shape index (κ3) is 6.15. The third-order valence-corrected chi connectivity index (χ3v) is 4.40. The molecule has 1 fully saturated rings. The van der Waals surface area contributed by atoms with E-state index in [4.69, 9.17) is 14.3 Å². The molecule has 1 heterocycles. The van der Waals surface area contributed by atoms with Crippen molar-refractivity contribution in [2.75, 3.05) is 24.3 Å². The summed E-state index contributed by atoms with van der Waals surface area (Å²) in [5.74, 6) is -0.841. The number of carbonyl (C=O) groups excluding carboxylic acids is 3. The van der Waals surface area contributed by atoms with Crippen LogP contribution in [-0.2, 0) is 28.6 Å². The van der Waals surface area contributed by atoms with Gasteiger partial charge in [-0.15, -0.1) is 0 Å². The van der Waals surface area contributed by atoms with Crippen molar-refractivity contribution in [3.8, 4) is 0 Å². The summed E-state index contributed by atoms with van der Waals surface area (Å²) in [5, 5.41) is 12.5. The summed E-state index contributed by atoms with van der Waals surface area (Å²) in [6.45, 7) is 3.05. The molecule has 0 aliphatic carbocycles. The largest absolute Gasteiger partial charge is 0.465 e. The minimum atomic E-state index is -3.82. The van der Waals surface area contributed by atoms with Crippen LogP contribution >= 0.6 is 0 Å². The molecule has 164 valence electrons. The van der Waals surface area contributed by atoms with Gasteiger partial charge in [0, 0.05) is 11.3 Å². The number of anilines is 1. The number of urea groups is 1. The third-order valence-electron chi connectivity index (χ3n) is 3.86. The summed E-state index contributed by atoms with van der Waals surface area (Å²) >= 11 is 0. The summed E-state index contributed by atoms with van der Waals surface area (Å²) in [7, 11) is -3.82. The number of amides is 3. The number of hydrogen-bond acceptors (Lipinski definition) is 9. The first kappa shape index (κ1) is 23.1. The van der Waals surface area contributed by atoms with Crippen molar-refractivity contribution in [1.29, 1.82) is 5.41 Å². The van der Waals surface area contributed by atoms with Crippen LogP contribution in [0.15, 0.2) is 24.3 Å². The number of cyclic esters (lactones) is 1. The average molecular weight is 442 g/mol. The van der Waals surface area contributed by atoms with Crippen LogP contribution in [0, 0.1) is 5.41 Å². The molecular weight excluding hydrogens is 420 g/mol. The van der Waals surface area contributed by atoms with Gasteiger partial charge >= 0.3 is 18.1 Å². The Morgan fingerprint density at radius 3 is 2.47 bits per heavy atom. The normalized spacial score (nSPS) is 18.5. The fraction of sp³-hybridized carbons (Fsp3) is 0.412. The second-order valence-electron chi connectivity index (χ2n) is 6.20. The van der Waals surface area contributed by atoms with E-state index in [1.54, 1.807) is 13.8 Å². The Balaban J connectivity index is 1.99. The van der Waals surface area contributed by atoms with Crippen LogP contribution in [0.25, 0.3) is 0 Å². The van der Waals surface area contributed by atoms with Gasteiger partial charge in [0.1, 0.15) is 18.4 Å². The Bertz CT molecular complexity index is 932. The molecule has 1 aromatic rings. The summed E-state index contributed by atoms with van der Waals surface area (Å²) in [4.78, 5) is 36.3. The number of nitrogens with zero attached hydrogens (tertiary/aromatic N) is 1. The van der Waals surface area contributed by atoms with Gasteiger partial charge in [-0.1, -0.05) is 0 Å². The number of rotatable bonds is 7. The molecule has 2 rings (SSSR count). The predicted octanol–water partition coefficient (Wildman–Crippen LogP) is 0.522. The zero-order valence-corrected chi connectivity index (χ0v) is 17.3. The number of carbonyl (C=O) groups is 3. The molecule has 0 aromatic heterocycles. The fourth-order valence-corrected chi connectivity index (χ4v) is 3.08. The van der Waals surface area contributed by atoms with Crippen LogP contribution < -0.4 is 15.5 Å². The quantitative estimate of drug-likeness (QED) is 0.238. The fourth-order valence-electron chi connectivity index (χ4n) is 2.54. The molecule has 0 bridgehead atoms. The number of hydrogen-bond donors (Lipinski definition) is 3. The summed E-state index contributed by atoms with van der Waals surface area (Å²) in [6, 6.07) is 4.49. The zero-order valence-electron chi connectivity index (χ0n) is 16.5. The number of nitrogens with one attached hydrogen (secondary N) is 3. The standard InChI is InChI=1S/C17H22N4O8S/c1-4-27-13(22)9-19-16(23)20-14(18)11-5-7-12(8-6-11)21-10(2)15(28-17(21)24)29-30(3,25)26/h5-8,10,15H,4,9H2,1-3H3,(H3,18,19,20,23). The number of benzene rings is 1. The molecule has 1 saturated heterocycles. The highest BCUT2D eigenvalue weighted by Crippen LogP contribution is 2.28. The predicted molar refractivity (Wildman–Crippen MR) is 105 cm³/mol. The average Bonchev–Trinajstić information content (AvgIpc) is 2.92. The molecule has 30 heavy (non-hydrogen) atoms. The monoisotopic (exact) mass is 442 g/mol. The molecule has 2 atom stereocenters. The van der Waals surface area contributed by atoms with Crippen molar-refractivity contribution in [3.05, 3.63) is 29.8 Å². The lowest BCUT2D eigenvalue weighted by atomic mass is 10.1. The maximum absolute atomic E-state index is 12.1. The highest BCUT2D eigenvalue weighted by molar-refractivity contribution is 7.86. The second-order valence-corrected chi connectivity index (χ2v) is 7.80. The Morgan fingerprint density at radius 1 is 1.27 bits per heavy atom. The molecule has 13 heteroatoms. The van der Waals surface area contributed by atoms with Gasteiger partial charge in [-0.3, -0.25) is 20.4 Å². The molecule has 0 saturated carbocycles. The smallest absolute Gasteiger partial charge is 0.417 e. The Labute approximate surface area is 173 Å². The van der Waals surface area contributed by atoms with E-state index in [0.29, 0.717) is 11.3 Å². The summed E-state index contributed by atoms with van der Waals surface area (Å²) in [5.41, 5.74) is 0.713. The number of ether oxygens (including phenoxy) is 2. The van der Waals surface area contributed by atoms with E-state index in [2.05, 4.69) is 15.4 Å². The lowest BCUT2D eigenvalue weighted by Gasteiger charge is -2.20. The van der Waals surface area contributed by atoms with Crippen molar-refractivity contribution in [2.24, 2.45) is 0 Å². The molecule has 1 aliphatic heterocycles. The van der Waals surface area contributed by atoms with E-state index >= 15 is 0 Å². The van der Waals surface area contributed by atoms with Crippen LogP contribution in [0.1, 0.15) is 19.4 Å². The lowest BCUT2D eigenvalue weighted by Crippen LogP contribution is -2.42. The Morgan fingerprint density at radius 2 is 1.90 bits per heavy atom. The first-order valence-corrected chi connectivity index (χ1v) is 10.6. The Hall–Kier alpha value is -3.19. The van der Waals surface area contributed by atoms with Crippen molar-refractivity contribution in [3.63, 3.8) is 0 Å². The SMILES string of the molecule is CCOC(=O)CNC(=O)NC(=N)c1ccc(N2C(=O)OC(OS(C)(=O)=O)C2C)cc1. The van der Waals surface area contributed by atoms with Gasteiger partial charge in [-0.25, -0.2) is 13.8 Å². The molecule has 1 aromatic carbocycles. The topological polar surface area (TPSA) is 164 Å². The lowest BCUT2D eigenvalue weighted by molar-refractivity contribution is -0.141. The van der Waals surface area contributed by atoms with Gasteiger partial charge in [-0.2, -0.15) is 8.42 Å². The van der Waals surface area contributed by atoms with Crippen LogP contribution in [0.3, 0.4) is 0 Å². The molecular formula is C17H22N4O8S. The van der Waals surface area contributed by atoms with E-state index in [0.717, 1.165) is 6.26 Å². The van der Waals surface area contributed by atoms with E-state index in [9.17, 15) is 22.8 Å². The second kappa shape index (κ2) is 9.54. The van der Waals surface area contributed by atoms with Gasteiger partial charge < -0.3 is 14.8 Å². The van der Waals surface area contributed by atoms with Crippen molar-refractivity contribution < 1.29 is 36.5 Å². The molecule has 1 aliphatic rings. The first-order chi connectivity index (χ1) is 14.0. The van der Waals surface area contributed by atoms with Gasteiger partial charge in [0.2, 0.25) is 6.29 Å². The minimum absolute atomic E-state index is 0.189. The van der Waals surface area contributed by atoms with Gasteiger partial charge in [0.25, 0.3) is 10.1 Å². The molecule has 0 spiro atoms. The van der Waals surface area contributed by atoms with Gasteiger partial charge in [0.15, 0.2) is 0 Å². The van der Waals surface area contributed by atoms with E-state index in [-0.39, 0.29) is 19.0 Å². The van der Waals surface area contributed by atoms with Gasteiger partial charge in [0.05, 0.1) is 12.9 Å². The van der Waals surface area contributed by atoms with Crippen molar-refractivity contribution >= 4 is 39.7 Å². The van der Waals surface area contributed by atoms with E-state index in [1.165, 1.54) is 29.2 Å². The number of amidine groups is 1. The van der Waals surface area contributed by atoms with Crippen LogP contribution in [0.5, 0.6) is 0 Å². The van der Waals surface area contributed by atoms with Gasteiger partial charge in [-0.05, 0) is 38.1 Å². The van der Waals surface area contributed by atoms with E-state index < -0.39 is 40.5 Å². The first-order valence-electron chi connectivity index (χ1n) is 8.79. The van der Waals surface area contributed by atoms with Crippen molar-refractivity contribution in [2.45, 2.75) is 26.2 Å². The summed E-state index contributed by atoms with van der Waals surface area (Å²) in [6.07, 6.45) is -1.21. The molecule has 2 unspecified atom stereocenters. The molecule has 12 nitrogen and oxygen atoms in total.